The highest BCUT2D eigenvalue weighted by Crippen LogP contribution is 2.22. The van der Waals surface area contributed by atoms with Crippen LogP contribution in [0, 0.1) is 0 Å². The fourth-order valence-electron chi connectivity index (χ4n) is 2.61. The summed E-state index contributed by atoms with van der Waals surface area (Å²) < 4.78 is 1.27. The monoisotopic (exact) mass is 394 g/mol. The highest BCUT2D eigenvalue weighted by molar-refractivity contribution is 7.09. The number of halogens is 1. The van der Waals surface area contributed by atoms with E-state index in [9.17, 15) is 4.79 Å². The molecule has 0 saturated carbocycles. The molecule has 1 N–H and O–H groups in total. The maximum atomic E-state index is 13.0. The van der Waals surface area contributed by atoms with Crippen LogP contribution in [0.2, 0.25) is 5.02 Å². The molecule has 27 heavy (non-hydrogen) atoms. The topological polar surface area (TPSA) is 59.8 Å². The smallest absolute Gasteiger partial charge is 0.282 e. The number of rotatable bonds is 5. The number of carbonyl (C=O) groups excluding carboxylic acids is 1. The largest absolute Gasteiger partial charge is 0.349 e. The number of aromatic nitrogens is 3. The molecule has 0 aliphatic rings. The molecule has 0 atom stereocenters. The number of anilines is 1. The number of nitrogens with zero attached hydrogens (tertiary/aromatic N) is 3. The quantitative estimate of drug-likeness (QED) is 0.519. The zero-order valence-corrected chi connectivity index (χ0v) is 15.7. The lowest BCUT2D eigenvalue weighted by Crippen LogP contribution is -2.17. The van der Waals surface area contributed by atoms with Crippen LogP contribution in [0.15, 0.2) is 72.1 Å². The van der Waals surface area contributed by atoms with Gasteiger partial charge in [-0.25, -0.2) is 0 Å². The normalized spacial score (nSPS) is 10.7. The van der Waals surface area contributed by atoms with Gasteiger partial charge in [0.1, 0.15) is 0 Å². The molecule has 7 heteroatoms. The van der Waals surface area contributed by atoms with Crippen molar-refractivity contribution in [1.82, 2.24) is 14.8 Å². The average molecular weight is 395 g/mol. The van der Waals surface area contributed by atoms with Crippen molar-refractivity contribution < 1.29 is 4.79 Å². The van der Waals surface area contributed by atoms with Crippen LogP contribution in [0.1, 0.15) is 15.2 Å². The second kappa shape index (κ2) is 7.73. The van der Waals surface area contributed by atoms with E-state index in [4.69, 9.17) is 11.6 Å². The Morgan fingerprint density at radius 2 is 1.81 bits per heavy atom. The third kappa shape index (κ3) is 3.77. The van der Waals surface area contributed by atoms with Gasteiger partial charge in [-0.2, -0.15) is 9.67 Å². The highest BCUT2D eigenvalue weighted by Gasteiger charge is 2.20. The first-order chi connectivity index (χ1) is 13.2. The summed E-state index contributed by atoms with van der Waals surface area (Å²) in [5.74, 6) is 0.529. The van der Waals surface area contributed by atoms with Gasteiger partial charge in [0.2, 0.25) is 5.95 Å². The van der Waals surface area contributed by atoms with E-state index in [0.29, 0.717) is 28.9 Å². The molecule has 5 nitrogen and oxygen atoms in total. The van der Waals surface area contributed by atoms with Crippen molar-refractivity contribution in [1.29, 1.82) is 0 Å². The summed E-state index contributed by atoms with van der Waals surface area (Å²) in [7, 11) is 0. The van der Waals surface area contributed by atoms with Gasteiger partial charge < -0.3 is 5.32 Å². The predicted molar refractivity (Wildman–Crippen MR) is 108 cm³/mol. The number of thiophene rings is 1. The van der Waals surface area contributed by atoms with E-state index in [1.807, 2.05) is 47.8 Å². The van der Waals surface area contributed by atoms with E-state index in [2.05, 4.69) is 15.4 Å². The third-order valence-electron chi connectivity index (χ3n) is 3.94. The Bertz CT molecular complexity index is 1060. The molecule has 0 saturated heterocycles. The molecule has 0 aliphatic heterocycles. The fraction of sp³-hybridized carbons (Fsp3) is 0.0500. The molecular weight excluding hydrogens is 380 g/mol. The van der Waals surface area contributed by atoms with Crippen molar-refractivity contribution in [2.75, 3.05) is 5.32 Å². The van der Waals surface area contributed by atoms with E-state index in [1.54, 1.807) is 35.6 Å². The van der Waals surface area contributed by atoms with Crippen molar-refractivity contribution >= 4 is 34.8 Å². The molecule has 4 aromatic rings. The number of carbonyl (C=O) groups is 1. The van der Waals surface area contributed by atoms with Crippen LogP contribution in [0.3, 0.4) is 0 Å². The van der Waals surface area contributed by atoms with Crippen LogP contribution in [0.4, 0.5) is 5.95 Å². The van der Waals surface area contributed by atoms with Crippen molar-refractivity contribution in [3.05, 3.63) is 87.6 Å². The molecule has 2 aromatic carbocycles. The SMILES string of the molecule is O=C(c1ccccc1Cl)n1nc(-c2ccccc2)nc1NCc1cccs1. The van der Waals surface area contributed by atoms with E-state index < -0.39 is 0 Å². The number of nitrogens with one attached hydrogen (secondary N) is 1. The lowest BCUT2D eigenvalue weighted by Gasteiger charge is -2.07. The number of hydrogen-bond acceptors (Lipinski definition) is 5. The van der Waals surface area contributed by atoms with Gasteiger partial charge in [0.15, 0.2) is 5.82 Å². The van der Waals surface area contributed by atoms with Crippen LogP contribution < -0.4 is 5.32 Å². The van der Waals surface area contributed by atoms with Crippen LogP contribution in [-0.2, 0) is 6.54 Å². The minimum Gasteiger partial charge on any atom is -0.349 e. The Balaban J connectivity index is 1.72. The minimum absolute atomic E-state index is 0.330. The summed E-state index contributed by atoms with van der Waals surface area (Å²) in [6, 6.07) is 20.5. The van der Waals surface area contributed by atoms with Gasteiger partial charge in [0.05, 0.1) is 17.1 Å². The second-order valence-electron chi connectivity index (χ2n) is 5.75. The molecule has 4 rings (SSSR count). The molecule has 0 unspecified atom stereocenters. The van der Waals surface area contributed by atoms with Crippen molar-refractivity contribution in [3.63, 3.8) is 0 Å². The summed E-state index contributed by atoms with van der Waals surface area (Å²) in [5.41, 5.74) is 1.21. The van der Waals surface area contributed by atoms with Gasteiger partial charge in [-0.3, -0.25) is 4.79 Å². The second-order valence-corrected chi connectivity index (χ2v) is 7.19. The lowest BCUT2D eigenvalue weighted by molar-refractivity contribution is 0.0947. The Kier molecular flexibility index (Phi) is 5.00. The zero-order valence-electron chi connectivity index (χ0n) is 14.2. The fourth-order valence-corrected chi connectivity index (χ4v) is 3.47. The van der Waals surface area contributed by atoms with Crippen molar-refractivity contribution in [2.24, 2.45) is 0 Å². The molecule has 2 heterocycles. The summed E-state index contributed by atoms with van der Waals surface area (Å²) in [4.78, 5) is 18.7. The Labute approximate surface area is 165 Å². The van der Waals surface area contributed by atoms with Gasteiger partial charge in [-0.15, -0.1) is 16.4 Å². The van der Waals surface area contributed by atoms with Crippen LogP contribution in [0.5, 0.6) is 0 Å². The Morgan fingerprint density at radius 3 is 2.56 bits per heavy atom. The zero-order chi connectivity index (χ0) is 18.6. The first-order valence-corrected chi connectivity index (χ1v) is 9.56. The molecule has 0 spiro atoms. The van der Waals surface area contributed by atoms with Gasteiger partial charge >= 0.3 is 0 Å². The van der Waals surface area contributed by atoms with Crippen LogP contribution in [0.25, 0.3) is 11.4 Å². The molecule has 0 aliphatic carbocycles. The van der Waals surface area contributed by atoms with Gasteiger partial charge in [-0.05, 0) is 23.6 Å². The van der Waals surface area contributed by atoms with E-state index in [-0.39, 0.29) is 5.91 Å². The first-order valence-electron chi connectivity index (χ1n) is 8.30. The Morgan fingerprint density at radius 1 is 1.04 bits per heavy atom. The molecular formula is C20H15ClN4OS. The minimum atomic E-state index is -0.330. The molecule has 0 radical (unpaired) electrons. The third-order valence-corrected chi connectivity index (χ3v) is 5.14. The summed E-state index contributed by atoms with van der Waals surface area (Å²) in [6.07, 6.45) is 0. The standard InChI is InChI=1S/C20H15ClN4OS/c21-17-11-5-4-10-16(17)19(26)25-20(22-13-15-9-6-12-27-15)23-18(24-25)14-7-2-1-3-8-14/h1-12H,13H2,(H,22,23,24). The van der Waals surface area contributed by atoms with Gasteiger partial charge in [0.25, 0.3) is 5.91 Å². The van der Waals surface area contributed by atoms with Gasteiger partial charge in [-0.1, -0.05) is 60.1 Å². The van der Waals surface area contributed by atoms with Crippen molar-refractivity contribution in [3.8, 4) is 11.4 Å². The summed E-state index contributed by atoms with van der Waals surface area (Å²) >= 11 is 7.83. The number of hydrogen-bond donors (Lipinski definition) is 1. The van der Waals surface area contributed by atoms with E-state index in [0.717, 1.165) is 10.4 Å². The molecule has 134 valence electrons. The maximum absolute atomic E-state index is 13.0. The van der Waals surface area contributed by atoms with E-state index in [1.165, 1.54) is 4.68 Å². The van der Waals surface area contributed by atoms with Crippen molar-refractivity contribution in [2.45, 2.75) is 6.54 Å². The average Bonchev–Trinajstić information content (AvgIpc) is 3.37. The number of benzene rings is 2. The molecule has 2 aromatic heterocycles. The molecule has 0 amide bonds. The predicted octanol–water partition coefficient (Wildman–Crippen LogP) is 4.96. The van der Waals surface area contributed by atoms with E-state index >= 15 is 0 Å². The maximum Gasteiger partial charge on any atom is 0.282 e. The lowest BCUT2D eigenvalue weighted by atomic mass is 10.2. The van der Waals surface area contributed by atoms with Gasteiger partial charge in [0, 0.05) is 10.4 Å². The summed E-state index contributed by atoms with van der Waals surface area (Å²) in [6.45, 7) is 0.556. The van der Waals surface area contributed by atoms with Crippen LogP contribution >= 0.6 is 22.9 Å². The first kappa shape index (κ1) is 17.5. The highest BCUT2D eigenvalue weighted by atomic mass is 35.5. The molecule has 0 bridgehead atoms. The Hall–Kier alpha value is -2.96. The summed E-state index contributed by atoms with van der Waals surface area (Å²) in [5, 5.41) is 10.0. The molecule has 0 fully saturated rings. The van der Waals surface area contributed by atoms with Crippen LogP contribution in [-0.4, -0.2) is 20.7 Å².